The molecule has 0 atom stereocenters. The van der Waals surface area contributed by atoms with E-state index in [1.54, 1.807) is 36.4 Å². The lowest BCUT2D eigenvalue weighted by atomic mass is 10.0. The largest absolute Gasteiger partial charge is 0.507 e. The van der Waals surface area contributed by atoms with Crippen LogP contribution in [0.5, 0.6) is 5.75 Å². The molecule has 10 heteroatoms. The molecule has 0 aliphatic heterocycles. The summed E-state index contributed by atoms with van der Waals surface area (Å²) in [4.78, 5) is 26.1. The van der Waals surface area contributed by atoms with E-state index >= 15 is 0 Å². The Labute approximate surface area is 231 Å². The smallest absolute Gasteiger partial charge is 0.339 e. The van der Waals surface area contributed by atoms with Gasteiger partial charge in [-0.25, -0.2) is 17.9 Å². The number of nitrogens with one attached hydrogen (secondary N) is 1. The van der Waals surface area contributed by atoms with E-state index in [9.17, 15) is 28.2 Å². The van der Waals surface area contributed by atoms with Gasteiger partial charge in [-0.05, 0) is 71.6 Å². The topological polar surface area (TPSA) is 124 Å². The Morgan fingerprint density at radius 2 is 1.62 bits per heavy atom. The molecule has 39 heavy (non-hydrogen) atoms. The summed E-state index contributed by atoms with van der Waals surface area (Å²) in [5.41, 5.74) is 3.05. The molecule has 4 aromatic rings. The zero-order chi connectivity index (χ0) is 28.2. The fraction of sp³-hybridized carbons (Fsp3) is 0.103. The molecule has 200 valence electrons. The predicted molar refractivity (Wildman–Crippen MR) is 150 cm³/mol. The third-order valence-corrected chi connectivity index (χ3v) is 7.73. The van der Waals surface area contributed by atoms with Gasteiger partial charge in [-0.15, -0.1) is 0 Å². The first-order valence-corrected chi connectivity index (χ1v) is 13.7. The number of hydrogen-bond donors (Lipinski definition) is 3. The van der Waals surface area contributed by atoms with E-state index in [2.05, 4.69) is 4.72 Å². The minimum Gasteiger partial charge on any atom is -0.507 e. The van der Waals surface area contributed by atoms with Crippen molar-refractivity contribution < 1.29 is 28.2 Å². The van der Waals surface area contributed by atoms with Crippen LogP contribution in [0.2, 0.25) is 5.02 Å². The number of aromatic hydroxyl groups is 1. The number of carbonyl (C=O) groups excluding carboxylic acids is 1. The number of carbonyl (C=O) groups is 2. The van der Waals surface area contributed by atoms with Crippen LogP contribution < -0.4 is 9.62 Å². The number of carboxylic acid groups (broad SMARTS) is 1. The van der Waals surface area contributed by atoms with Crippen LogP contribution in [-0.2, 0) is 21.4 Å². The van der Waals surface area contributed by atoms with Gasteiger partial charge in [0.15, 0.2) is 0 Å². The highest BCUT2D eigenvalue weighted by atomic mass is 35.5. The van der Waals surface area contributed by atoms with Crippen molar-refractivity contribution in [1.82, 2.24) is 4.72 Å². The standard InChI is InChI=1S/C29H25ClN2O6S/c1-19-15-24(12-13-25(19)21-5-3-2-4-6-21)39(37,38)31-17-28(34)32(18-20-7-9-22(30)10-8-20)23-11-14-27(33)26(16-23)29(35)36/h2-16,31,33H,17-18H2,1H3,(H,35,36). The van der Waals surface area contributed by atoms with Gasteiger partial charge < -0.3 is 15.1 Å². The number of rotatable bonds is 9. The Morgan fingerprint density at radius 1 is 0.923 bits per heavy atom. The number of halogens is 1. The van der Waals surface area contributed by atoms with Gasteiger partial charge in [0.05, 0.1) is 18.0 Å². The van der Waals surface area contributed by atoms with E-state index in [0.717, 1.165) is 22.8 Å². The summed E-state index contributed by atoms with van der Waals surface area (Å²) in [5.74, 6) is -2.46. The maximum atomic E-state index is 13.3. The molecule has 3 N–H and O–H groups in total. The van der Waals surface area contributed by atoms with E-state index in [0.29, 0.717) is 10.6 Å². The number of sulfonamides is 1. The predicted octanol–water partition coefficient (Wildman–Crippen LogP) is 5.23. The number of carboxylic acids is 1. The fourth-order valence-corrected chi connectivity index (χ4v) is 5.22. The Bertz CT molecular complexity index is 1620. The molecule has 0 radical (unpaired) electrons. The van der Waals surface area contributed by atoms with E-state index < -0.39 is 39.8 Å². The summed E-state index contributed by atoms with van der Waals surface area (Å²) >= 11 is 5.96. The first kappa shape index (κ1) is 27.8. The molecule has 8 nitrogen and oxygen atoms in total. The van der Waals surface area contributed by atoms with E-state index in [-0.39, 0.29) is 17.1 Å². The van der Waals surface area contributed by atoms with Gasteiger partial charge >= 0.3 is 5.97 Å². The van der Waals surface area contributed by atoms with Gasteiger partial charge in [-0.1, -0.05) is 60.1 Å². The molecule has 0 fully saturated rings. The Morgan fingerprint density at radius 3 is 2.26 bits per heavy atom. The van der Waals surface area contributed by atoms with E-state index in [1.807, 2.05) is 37.3 Å². The maximum Gasteiger partial charge on any atom is 0.339 e. The number of amides is 1. The summed E-state index contributed by atoms with van der Waals surface area (Å²) < 4.78 is 28.5. The van der Waals surface area contributed by atoms with Crippen molar-refractivity contribution in [3.8, 4) is 16.9 Å². The van der Waals surface area contributed by atoms with Crippen molar-refractivity contribution in [1.29, 1.82) is 0 Å². The second-order valence-electron chi connectivity index (χ2n) is 8.78. The number of aromatic carboxylic acids is 1. The monoisotopic (exact) mass is 564 g/mol. The van der Waals surface area contributed by atoms with Crippen LogP contribution in [0.4, 0.5) is 5.69 Å². The van der Waals surface area contributed by atoms with Gasteiger partial charge in [0, 0.05) is 10.7 Å². The van der Waals surface area contributed by atoms with Crippen molar-refractivity contribution in [2.75, 3.05) is 11.4 Å². The SMILES string of the molecule is Cc1cc(S(=O)(=O)NCC(=O)N(Cc2ccc(Cl)cc2)c2ccc(O)c(C(=O)O)c2)ccc1-c1ccccc1. The number of aryl methyl sites for hydroxylation is 1. The second kappa shape index (κ2) is 11.7. The lowest BCUT2D eigenvalue weighted by Crippen LogP contribution is -2.40. The fourth-order valence-electron chi connectivity index (χ4n) is 4.04. The number of benzene rings is 4. The van der Waals surface area contributed by atoms with Crippen LogP contribution in [-0.4, -0.2) is 37.1 Å². The molecular weight excluding hydrogens is 540 g/mol. The molecule has 0 unspecified atom stereocenters. The molecule has 0 heterocycles. The summed E-state index contributed by atoms with van der Waals surface area (Å²) in [7, 11) is -4.05. The van der Waals surface area contributed by atoms with Crippen molar-refractivity contribution in [3.05, 3.63) is 113 Å². The number of anilines is 1. The van der Waals surface area contributed by atoms with E-state index in [1.165, 1.54) is 23.1 Å². The molecule has 0 aliphatic carbocycles. The second-order valence-corrected chi connectivity index (χ2v) is 11.0. The zero-order valence-electron chi connectivity index (χ0n) is 20.8. The first-order valence-electron chi connectivity index (χ1n) is 11.8. The van der Waals surface area contributed by atoms with Crippen LogP contribution >= 0.6 is 11.6 Å². The van der Waals surface area contributed by atoms with Crippen molar-refractivity contribution in [2.45, 2.75) is 18.4 Å². The minimum atomic E-state index is -4.05. The maximum absolute atomic E-state index is 13.3. The van der Waals surface area contributed by atoms with Gasteiger partial charge in [0.2, 0.25) is 15.9 Å². The van der Waals surface area contributed by atoms with Crippen molar-refractivity contribution in [3.63, 3.8) is 0 Å². The highest BCUT2D eigenvalue weighted by Gasteiger charge is 2.23. The molecule has 1 amide bonds. The minimum absolute atomic E-state index is 0.00639. The average Bonchev–Trinajstić information content (AvgIpc) is 2.92. The summed E-state index contributed by atoms with van der Waals surface area (Å²) in [5, 5.41) is 19.8. The summed E-state index contributed by atoms with van der Waals surface area (Å²) in [6, 6.07) is 24.7. The molecule has 0 aliphatic rings. The molecule has 4 aromatic carbocycles. The Balaban J connectivity index is 1.58. The van der Waals surface area contributed by atoms with Crippen molar-refractivity contribution >= 4 is 39.2 Å². The third kappa shape index (κ3) is 6.64. The van der Waals surface area contributed by atoms with Crippen LogP contribution in [0.1, 0.15) is 21.5 Å². The zero-order valence-corrected chi connectivity index (χ0v) is 22.4. The quantitative estimate of drug-likeness (QED) is 0.256. The average molecular weight is 565 g/mol. The number of hydrogen-bond acceptors (Lipinski definition) is 5. The van der Waals surface area contributed by atoms with Gasteiger partial charge in [0.1, 0.15) is 11.3 Å². The Hall–Kier alpha value is -4.18. The van der Waals surface area contributed by atoms with Crippen LogP contribution in [0.15, 0.2) is 95.9 Å². The summed E-state index contributed by atoms with van der Waals surface area (Å²) in [6.45, 7) is 1.23. The molecular formula is C29H25ClN2O6S. The molecule has 0 spiro atoms. The molecule has 0 bridgehead atoms. The molecule has 0 saturated heterocycles. The van der Waals surface area contributed by atoms with E-state index in [4.69, 9.17) is 11.6 Å². The lowest BCUT2D eigenvalue weighted by Gasteiger charge is -2.24. The van der Waals surface area contributed by atoms with Gasteiger partial charge in [-0.2, -0.15) is 0 Å². The normalized spacial score (nSPS) is 11.2. The highest BCUT2D eigenvalue weighted by Crippen LogP contribution is 2.27. The number of nitrogens with zero attached hydrogens (tertiary/aromatic N) is 1. The highest BCUT2D eigenvalue weighted by molar-refractivity contribution is 7.89. The van der Waals surface area contributed by atoms with Crippen LogP contribution in [0.25, 0.3) is 11.1 Å². The lowest BCUT2D eigenvalue weighted by molar-refractivity contribution is -0.117. The van der Waals surface area contributed by atoms with Gasteiger partial charge in [-0.3, -0.25) is 4.79 Å². The molecule has 0 aromatic heterocycles. The van der Waals surface area contributed by atoms with Crippen LogP contribution in [0.3, 0.4) is 0 Å². The van der Waals surface area contributed by atoms with Gasteiger partial charge in [0.25, 0.3) is 0 Å². The molecule has 4 rings (SSSR count). The summed E-state index contributed by atoms with van der Waals surface area (Å²) in [6.07, 6.45) is 0. The van der Waals surface area contributed by atoms with Crippen molar-refractivity contribution in [2.24, 2.45) is 0 Å². The van der Waals surface area contributed by atoms with Crippen LogP contribution in [0, 0.1) is 6.92 Å². The number of phenols is 1. The molecule has 0 saturated carbocycles. The Kier molecular flexibility index (Phi) is 8.35. The third-order valence-electron chi connectivity index (χ3n) is 6.08. The first-order chi connectivity index (χ1) is 18.5.